The summed E-state index contributed by atoms with van der Waals surface area (Å²) in [6.45, 7) is 8.73. The standard InChI is InChI=1S/C31H35FN4O6/c1-7-14-36(17-21-8-13-26-24(15-21)29(38)34-20(6)33-26)23-11-9-22(10-12-23)28(37)35-27(31(40)42-19(4)5)16-25(32)30(39)41-18(2)3/h1,8-13,15,18-19,25,27H,14,16-17H2,2-6H3,(H,35,37)(H,33,34,38)/t25-,27-/m0/s1. The largest absolute Gasteiger partial charge is 0.461 e. The number of anilines is 1. The number of aryl methyl sites for hydroxylation is 1. The molecule has 3 rings (SSSR count). The fraction of sp³-hybridized carbons (Fsp3) is 0.387. The molecule has 42 heavy (non-hydrogen) atoms. The van der Waals surface area contributed by atoms with E-state index in [0.29, 0.717) is 29.0 Å². The Morgan fingerprint density at radius 2 is 1.69 bits per heavy atom. The second-order valence-electron chi connectivity index (χ2n) is 10.3. The maximum atomic E-state index is 14.6. The SMILES string of the molecule is C#CCN(Cc1ccc2nc(C)[nH]c(=O)c2c1)c1ccc(C(=O)N[C@@H](C[C@H](F)C(=O)OC(C)C)C(=O)OC(C)C)cc1. The molecule has 0 saturated carbocycles. The fourth-order valence-corrected chi connectivity index (χ4v) is 4.17. The quantitative estimate of drug-likeness (QED) is 0.246. The van der Waals surface area contributed by atoms with E-state index >= 15 is 0 Å². The van der Waals surface area contributed by atoms with E-state index in [-0.39, 0.29) is 17.7 Å². The molecule has 0 aliphatic rings. The smallest absolute Gasteiger partial charge is 0.341 e. The highest BCUT2D eigenvalue weighted by molar-refractivity contribution is 5.97. The molecule has 3 aromatic rings. The van der Waals surface area contributed by atoms with Crippen molar-refractivity contribution in [2.75, 3.05) is 11.4 Å². The highest BCUT2D eigenvalue weighted by Gasteiger charge is 2.31. The van der Waals surface area contributed by atoms with E-state index < -0.39 is 48.7 Å². The number of hydrogen-bond donors (Lipinski definition) is 2. The maximum absolute atomic E-state index is 14.6. The number of carbonyl (C=O) groups excluding carboxylic acids is 3. The number of halogens is 1. The van der Waals surface area contributed by atoms with Gasteiger partial charge >= 0.3 is 11.9 Å². The van der Waals surface area contributed by atoms with Crippen molar-refractivity contribution in [3.8, 4) is 12.3 Å². The molecule has 222 valence electrons. The van der Waals surface area contributed by atoms with Crippen LogP contribution in [0, 0.1) is 19.3 Å². The number of aromatic nitrogens is 2. The Bertz CT molecular complexity index is 1530. The number of H-pyrrole nitrogens is 1. The van der Waals surface area contributed by atoms with Crippen molar-refractivity contribution in [2.45, 2.75) is 72.0 Å². The van der Waals surface area contributed by atoms with Gasteiger partial charge in [-0.1, -0.05) is 12.0 Å². The van der Waals surface area contributed by atoms with Gasteiger partial charge in [0.25, 0.3) is 11.5 Å². The van der Waals surface area contributed by atoms with Crippen LogP contribution in [0.2, 0.25) is 0 Å². The first kappa shape index (κ1) is 31.8. The number of benzene rings is 2. The third kappa shape index (κ3) is 8.64. The Hall–Kier alpha value is -4.72. The van der Waals surface area contributed by atoms with E-state index in [1.165, 1.54) is 12.1 Å². The lowest BCUT2D eigenvalue weighted by atomic mass is 10.1. The van der Waals surface area contributed by atoms with Crippen LogP contribution >= 0.6 is 0 Å². The highest BCUT2D eigenvalue weighted by Crippen LogP contribution is 2.20. The third-order valence-corrected chi connectivity index (χ3v) is 6.03. The molecule has 0 bridgehead atoms. The number of aromatic amines is 1. The fourth-order valence-electron chi connectivity index (χ4n) is 4.17. The zero-order valence-corrected chi connectivity index (χ0v) is 24.3. The van der Waals surface area contributed by atoms with E-state index in [1.54, 1.807) is 58.9 Å². The van der Waals surface area contributed by atoms with Gasteiger partial charge in [0.15, 0.2) is 6.17 Å². The first-order valence-corrected chi connectivity index (χ1v) is 13.5. The lowest BCUT2D eigenvalue weighted by Gasteiger charge is -2.23. The number of fused-ring (bicyclic) bond motifs is 1. The molecule has 0 radical (unpaired) electrons. The van der Waals surface area contributed by atoms with Crippen LogP contribution in [0.15, 0.2) is 47.3 Å². The van der Waals surface area contributed by atoms with Gasteiger partial charge in [-0.2, -0.15) is 0 Å². The molecule has 0 spiro atoms. The number of nitrogens with one attached hydrogen (secondary N) is 2. The number of carbonyl (C=O) groups is 3. The monoisotopic (exact) mass is 578 g/mol. The molecule has 2 N–H and O–H groups in total. The topological polar surface area (TPSA) is 131 Å². The molecular weight excluding hydrogens is 543 g/mol. The van der Waals surface area contributed by atoms with Crippen LogP contribution in [0.25, 0.3) is 10.9 Å². The minimum absolute atomic E-state index is 0.195. The van der Waals surface area contributed by atoms with Crippen molar-refractivity contribution < 1.29 is 28.2 Å². The Morgan fingerprint density at radius 3 is 2.31 bits per heavy atom. The van der Waals surface area contributed by atoms with Crippen molar-refractivity contribution in [1.82, 2.24) is 15.3 Å². The van der Waals surface area contributed by atoms with E-state index in [0.717, 1.165) is 5.56 Å². The minimum Gasteiger partial charge on any atom is -0.461 e. The molecule has 1 amide bonds. The molecule has 10 nitrogen and oxygen atoms in total. The summed E-state index contributed by atoms with van der Waals surface area (Å²) in [5, 5.41) is 2.93. The van der Waals surface area contributed by atoms with Crippen LogP contribution < -0.4 is 15.8 Å². The number of amides is 1. The highest BCUT2D eigenvalue weighted by atomic mass is 19.1. The Kier molecular flexibility index (Phi) is 10.8. The normalized spacial score (nSPS) is 12.5. The molecule has 0 fully saturated rings. The number of ether oxygens (including phenoxy) is 2. The summed E-state index contributed by atoms with van der Waals surface area (Å²) in [4.78, 5) is 58.9. The van der Waals surface area contributed by atoms with Gasteiger partial charge < -0.3 is 24.7 Å². The van der Waals surface area contributed by atoms with Crippen LogP contribution in [0.3, 0.4) is 0 Å². The Labute approximate surface area is 243 Å². The average Bonchev–Trinajstić information content (AvgIpc) is 2.92. The molecular formula is C31H35FN4O6. The average molecular weight is 579 g/mol. The summed E-state index contributed by atoms with van der Waals surface area (Å²) in [5.74, 6) is 0.497. The Morgan fingerprint density at radius 1 is 1.05 bits per heavy atom. The second-order valence-corrected chi connectivity index (χ2v) is 10.3. The molecule has 1 aromatic heterocycles. The Balaban J connectivity index is 1.76. The van der Waals surface area contributed by atoms with Crippen molar-refractivity contribution in [3.05, 3.63) is 69.8 Å². The first-order chi connectivity index (χ1) is 19.9. The predicted octanol–water partition coefficient (Wildman–Crippen LogP) is 3.60. The number of terminal acetylenes is 1. The van der Waals surface area contributed by atoms with Gasteiger partial charge in [-0.25, -0.2) is 19.0 Å². The van der Waals surface area contributed by atoms with Crippen LogP contribution in [-0.4, -0.2) is 58.8 Å². The molecule has 0 aliphatic heterocycles. The number of esters is 2. The van der Waals surface area contributed by atoms with Crippen molar-refractivity contribution in [2.24, 2.45) is 0 Å². The van der Waals surface area contributed by atoms with E-state index in [9.17, 15) is 23.6 Å². The van der Waals surface area contributed by atoms with Crippen LogP contribution in [0.5, 0.6) is 0 Å². The van der Waals surface area contributed by atoms with Gasteiger partial charge in [-0.05, 0) is 76.6 Å². The minimum atomic E-state index is -2.14. The maximum Gasteiger partial charge on any atom is 0.341 e. The summed E-state index contributed by atoms with van der Waals surface area (Å²) in [5.41, 5.74) is 2.09. The number of alkyl halides is 1. The van der Waals surface area contributed by atoms with Gasteiger partial charge in [0.05, 0.1) is 29.7 Å². The summed E-state index contributed by atoms with van der Waals surface area (Å²) in [7, 11) is 0. The molecule has 0 unspecified atom stereocenters. The molecule has 11 heteroatoms. The van der Waals surface area contributed by atoms with Gasteiger partial charge in [0.1, 0.15) is 11.9 Å². The summed E-state index contributed by atoms with van der Waals surface area (Å²) in [6.07, 6.45) is 1.78. The second kappa shape index (κ2) is 14.3. The van der Waals surface area contributed by atoms with Gasteiger partial charge in [-0.3, -0.25) is 9.59 Å². The van der Waals surface area contributed by atoms with Gasteiger partial charge in [-0.15, -0.1) is 6.42 Å². The molecule has 2 atom stereocenters. The van der Waals surface area contributed by atoms with Crippen molar-refractivity contribution in [1.29, 1.82) is 0 Å². The first-order valence-electron chi connectivity index (χ1n) is 13.5. The van der Waals surface area contributed by atoms with Crippen LogP contribution in [-0.2, 0) is 25.6 Å². The van der Waals surface area contributed by atoms with E-state index in [4.69, 9.17) is 15.9 Å². The van der Waals surface area contributed by atoms with E-state index in [1.807, 2.05) is 11.0 Å². The number of nitrogens with zero attached hydrogens (tertiary/aromatic N) is 2. The van der Waals surface area contributed by atoms with Crippen molar-refractivity contribution in [3.63, 3.8) is 0 Å². The summed E-state index contributed by atoms with van der Waals surface area (Å²) in [6, 6.07) is 10.4. The lowest BCUT2D eigenvalue weighted by Crippen LogP contribution is -2.45. The van der Waals surface area contributed by atoms with E-state index in [2.05, 4.69) is 21.2 Å². The van der Waals surface area contributed by atoms with Gasteiger partial charge in [0.2, 0.25) is 0 Å². The zero-order chi connectivity index (χ0) is 31.0. The summed E-state index contributed by atoms with van der Waals surface area (Å²) >= 11 is 0. The zero-order valence-electron chi connectivity index (χ0n) is 24.3. The van der Waals surface area contributed by atoms with Crippen molar-refractivity contribution >= 4 is 34.4 Å². The molecule has 0 saturated heterocycles. The molecule has 2 aromatic carbocycles. The predicted molar refractivity (Wildman–Crippen MR) is 157 cm³/mol. The molecule has 0 aliphatic carbocycles. The lowest BCUT2D eigenvalue weighted by molar-refractivity contribution is -0.155. The molecule has 1 heterocycles. The third-order valence-electron chi connectivity index (χ3n) is 6.03. The van der Waals surface area contributed by atoms with Crippen LogP contribution in [0.4, 0.5) is 10.1 Å². The number of hydrogen-bond acceptors (Lipinski definition) is 8. The number of rotatable bonds is 12. The van der Waals surface area contributed by atoms with Gasteiger partial charge in [0, 0.05) is 24.2 Å². The summed E-state index contributed by atoms with van der Waals surface area (Å²) < 4.78 is 24.6. The van der Waals surface area contributed by atoms with Crippen LogP contribution in [0.1, 0.15) is 55.9 Å².